The van der Waals surface area contributed by atoms with Crippen molar-refractivity contribution in [2.45, 2.75) is 32.9 Å². The van der Waals surface area contributed by atoms with E-state index < -0.39 is 0 Å². The lowest BCUT2D eigenvalue weighted by Crippen LogP contribution is -2.46. The van der Waals surface area contributed by atoms with Crippen LogP contribution < -0.4 is 4.74 Å². The smallest absolute Gasteiger partial charge is 0.290 e. The zero-order chi connectivity index (χ0) is 26.0. The van der Waals surface area contributed by atoms with Gasteiger partial charge in [-0.05, 0) is 31.4 Å². The van der Waals surface area contributed by atoms with Gasteiger partial charge >= 0.3 is 0 Å². The molecule has 200 valence electrons. The highest BCUT2D eigenvalue weighted by atomic mass is 16.5. The van der Waals surface area contributed by atoms with Crippen molar-refractivity contribution in [2.75, 3.05) is 59.0 Å². The van der Waals surface area contributed by atoms with Crippen LogP contribution in [0.3, 0.4) is 0 Å². The minimum Gasteiger partial charge on any atom is -0.492 e. The van der Waals surface area contributed by atoms with Crippen LogP contribution in [0.2, 0.25) is 0 Å². The van der Waals surface area contributed by atoms with Crippen molar-refractivity contribution in [3.8, 4) is 5.75 Å². The summed E-state index contributed by atoms with van der Waals surface area (Å²) in [5.41, 5.74) is 1.31. The second-order valence-corrected chi connectivity index (χ2v) is 8.99. The number of hydrogen-bond donors (Lipinski definition) is 2. The molecule has 0 amide bonds. The summed E-state index contributed by atoms with van der Waals surface area (Å²) < 4.78 is 8.13. The number of carbonyl (C=O) groups is 2. The maximum absolute atomic E-state index is 8.36. The van der Waals surface area contributed by atoms with E-state index >= 15 is 0 Å². The van der Waals surface area contributed by atoms with Crippen molar-refractivity contribution < 1.29 is 24.5 Å². The van der Waals surface area contributed by atoms with E-state index in [1.54, 1.807) is 12.7 Å². The molecule has 1 aromatic heterocycles. The molecule has 1 aromatic carbocycles. The van der Waals surface area contributed by atoms with E-state index in [-0.39, 0.29) is 12.9 Å². The maximum atomic E-state index is 8.36. The molecule has 4 rings (SSSR count). The first-order chi connectivity index (χ1) is 17.6. The van der Waals surface area contributed by atoms with Gasteiger partial charge in [-0.3, -0.25) is 29.0 Å². The SMILES string of the molecule is CC1CCCN(CCOc2ccccc2CN2CCN(CCn3cncn3)CC2)C1.O=CO.O=CO. The van der Waals surface area contributed by atoms with Crippen LogP contribution in [-0.4, -0.2) is 112 Å². The topological polar surface area (TPSA) is 124 Å². The Labute approximate surface area is 213 Å². The van der Waals surface area contributed by atoms with Gasteiger partial charge in [0.2, 0.25) is 0 Å². The van der Waals surface area contributed by atoms with Crippen LogP contribution in [0.25, 0.3) is 0 Å². The number of benzene rings is 1. The number of piperidine rings is 1. The molecule has 3 heterocycles. The lowest BCUT2D eigenvalue weighted by atomic mass is 10.0. The minimum absolute atomic E-state index is 0.250. The van der Waals surface area contributed by atoms with E-state index in [0.29, 0.717) is 0 Å². The van der Waals surface area contributed by atoms with Gasteiger partial charge in [0.25, 0.3) is 12.9 Å². The van der Waals surface area contributed by atoms with E-state index in [4.69, 9.17) is 24.5 Å². The summed E-state index contributed by atoms with van der Waals surface area (Å²) in [6.45, 7) is 13.4. The molecule has 2 N–H and O–H groups in total. The number of hydrogen-bond acceptors (Lipinski definition) is 8. The van der Waals surface area contributed by atoms with E-state index in [9.17, 15) is 0 Å². The van der Waals surface area contributed by atoms with Crippen molar-refractivity contribution >= 4 is 12.9 Å². The molecular formula is C25H40N6O5. The van der Waals surface area contributed by atoms with Gasteiger partial charge in [-0.15, -0.1) is 0 Å². The molecule has 0 radical (unpaired) electrons. The van der Waals surface area contributed by atoms with E-state index in [0.717, 1.165) is 70.6 Å². The van der Waals surface area contributed by atoms with Crippen LogP contribution in [0.5, 0.6) is 5.75 Å². The van der Waals surface area contributed by atoms with Crippen LogP contribution >= 0.6 is 0 Å². The van der Waals surface area contributed by atoms with Gasteiger partial charge in [0, 0.05) is 57.9 Å². The number of aromatic nitrogens is 3. The third-order valence-corrected chi connectivity index (χ3v) is 6.35. The molecule has 2 saturated heterocycles. The zero-order valence-corrected chi connectivity index (χ0v) is 21.2. The van der Waals surface area contributed by atoms with Crippen molar-refractivity contribution in [3.05, 3.63) is 42.5 Å². The van der Waals surface area contributed by atoms with Crippen molar-refractivity contribution in [1.82, 2.24) is 29.5 Å². The van der Waals surface area contributed by atoms with E-state index in [2.05, 4.69) is 56.0 Å². The van der Waals surface area contributed by atoms with Crippen molar-refractivity contribution in [2.24, 2.45) is 5.92 Å². The van der Waals surface area contributed by atoms with Crippen molar-refractivity contribution in [3.63, 3.8) is 0 Å². The predicted molar refractivity (Wildman–Crippen MR) is 136 cm³/mol. The number of rotatable bonds is 9. The van der Waals surface area contributed by atoms with Gasteiger partial charge in [0.05, 0.1) is 6.54 Å². The quantitative estimate of drug-likeness (QED) is 0.487. The molecule has 0 bridgehead atoms. The van der Waals surface area contributed by atoms with Crippen LogP contribution in [0.4, 0.5) is 0 Å². The highest BCUT2D eigenvalue weighted by Gasteiger charge is 2.19. The van der Waals surface area contributed by atoms with Gasteiger partial charge in [-0.25, -0.2) is 4.98 Å². The average molecular weight is 505 g/mol. The number of carboxylic acid groups (broad SMARTS) is 2. The first kappa shape index (κ1) is 29.2. The lowest BCUT2D eigenvalue weighted by Gasteiger charge is -2.35. The summed E-state index contributed by atoms with van der Waals surface area (Å²) in [6, 6.07) is 8.56. The largest absolute Gasteiger partial charge is 0.492 e. The lowest BCUT2D eigenvalue weighted by molar-refractivity contribution is -0.123. The molecule has 2 aliphatic rings. The second-order valence-electron chi connectivity index (χ2n) is 8.99. The maximum Gasteiger partial charge on any atom is 0.290 e. The Morgan fingerprint density at radius 3 is 2.33 bits per heavy atom. The standard InChI is InChI=1S/C23H36N6O.2CH2O2/c1-21-5-4-8-27(17-21)15-16-30-23-7-3-2-6-22(23)18-28-11-9-26(10-12-28)13-14-29-20-24-19-25-29;2*2-1-3/h2-3,6-7,19-21H,4-5,8-18H2,1H3;2*1H,(H,2,3). The van der Waals surface area contributed by atoms with Crippen molar-refractivity contribution in [1.29, 1.82) is 0 Å². The molecule has 1 unspecified atom stereocenters. The molecular weight excluding hydrogens is 464 g/mol. The number of likely N-dealkylation sites (tertiary alicyclic amines) is 1. The monoisotopic (exact) mass is 504 g/mol. The van der Waals surface area contributed by atoms with Gasteiger partial charge in [0.1, 0.15) is 25.0 Å². The summed E-state index contributed by atoms with van der Waals surface area (Å²) in [5.74, 6) is 1.87. The van der Waals surface area contributed by atoms with Crippen LogP contribution in [0.15, 0.2) is 36.9 Å². The number of para-hydroxylation sites is 1. The molecule has 2 aliphatic heterocycles. The fourth-order valence-corrected chi connectivity index (χ4v) is 4.55. The third kappa shape index (κ3) is 11.1. The van der Waals surface area contributed by atoms with E-state index in [1.165, 1.54) is 31.5 Å². The third-order valence-electron chi connectivity index (χ3n) is 6.35. The molecule has 0 saturated carbocycles. The second kappa shape index (κ2) is 17.4. The molecule has 0 aliphatic carbocycles. The van der Waals surface area contributed by atoms with Crippen LogP contribution in [0, 0.1) is 5.92 Å². The molecule has 36 heavy (non-hydrogen) atoms. The molecule has 2 fully saturated rings. The van der Waals surface area contributed by atoms with Gasteiger partial charge in [-0.2, -0.15) is 5.10 Å². The number of nitrogens with zero attached hydrogens (tertiary/aromatic N) is 6. The highest BCUT2D eigenvalue weighted by Crippen LogP contribution is 2.21. The molecule has 11 heteroatoms. The number of ether oxygens (including phenoxy) is 1. The zero-order valence-electron chi connectivity index (χ0n) is 21.2. The Kier molecular flexibility index (Phi) is 14.1. The van der Waals surface area contributed by atoms with Gasteiger partial charge in [0.15, 0.2) is 0 Å². The molecule has 0 spiro atoms. The Bertz CT molecular complexity index is 839. The Balaban J connectivity index is 0.000000693. The highest BCUT2D eigenvalue weighted by molar-refractivity contribution is 5.33. The summed E-state index contributed by atoms with van der Waals surface area (Å²) >= 11 is 0. The Morgan fingerprint density at radius 1 is 0.972 bits per heavy atom. The Hall–Kier alpha value is -3.02. The molecule has 11 nitrogen and oxygen atoms in total. The number of piperazine rings is 1. The first-order valence-electron chi connectivity index (χ1n) is 12.5. The minimum atomic E-state index is -0.250. The molecule has 1 atom stereocenters. The summed E-state index contributed by atoms with van der Waals surface area (Å²) in [4.78, 5) is 28.3. The summed E-state index contributed by atoms with van der Waals surface area (Å²) in [7, 11) is 0. The van der Waals surface area contributed by atoms with Crippen LogP contribution in [-0.2, 0) is 22.7 Å². The van der Waals surface area contributed by atoms with Crippen LogP contribution in [0.1, 0.15) is 25.3 Å². The predicted octanol–water partition coefficient (Wildman–Crippen LogP) is 1.61. The Morgan fingerprint density at radius 2 is 1.67 bits per heavy atom. The van der Waals surface area contributed by atoms with E-state index in [1.807, 2.05) is 4.68 Å². The summed E-state index contributed by atoms with van der Waals surface area (Å²) in [6.07, 6.45) is 6.08. The summed E-state index contributed by atoms with van der Waals surface area (Å²) in [5, 5.41) is 18.0. The fourth-order valence-electron chi connectivity index (χ4n) is 4.55. The molecule has 2 aromatic rings. The normalized spacial score (nSPS) is 18.8. The van der Waals surface area contributed by atoms with Gasteiger partial charge in [-0.1, -0.05) is 25.1 Å². The fraction of sp³-hybridized carbons (Fsp3) is 0.600. The average Bonchev–Trinajstić information content (AvgIpc) is 3.40. The first-order valence-corrected chi connectivity index (χ1v) is 12.5. The van der Waals surface area contributed by atoms with Gasteiger partial charge < -0.3 is 14.9 Å².